The van der Waals surface area contributed by atoms with E-state index < -0.39 is 0 Å². The fourth-order valence-electron chi connectivity index (χ4n) is 11.1. The summed E-state index contributed by atoms with van der Waals surface area (Å²) in [5.41, 5.74) is 17.6. The van der Waals surface area contributed by atoms with Gasteiger partial charge in [-0.15, -0.1) is 0 Å². The molecule has 60 heavy (non-hydrogen) atoms. The first-order chi connectivity index (χ1) is 29.5. The van der Waals surface area contributed by atoms with E-state index in [9.17, 15) is 0 Å². The van der Waals surface area contributed by atoms with Crippen LogP contribution in [-0.2, 0) is 11.8 Å². The van der Waals surface area contributed by atoms with Crippen LogP contribution in [0.4, 0.5) is 17.1 Å². The van der Waals surface area contributed by atoms with Gasteiger partial charge in [0, 0.05) is 43.9 Å². The highest BCUT2D eigenvalue weighted by molar-refractivity contribution is 6.27. The van der Waals surface area contributed by atoms with E-state index in [0.29, 0.717) is 0 Å². The van der Waals surface area contributed by atoms with Gasteiger partial charge in [0.2, 0.25) is 0 Å². The Hall–Kier alpha value is -7.42. The lowest BCUT2D eigenvalue weighted by molar-refractivity contribution is 0.660. The van der Waals surface area contributed by atoms with Gasteiger partial charge in [0.05, 0.1) is 22.2 Å². The molecular weight excluding hydrogens is 725 g/mol. The Balaban J connectivity index is 1.14. The molecular formula is C58H40N2. The number of anilines is 3. The zero-order valence-electron chi connectivity index (χ0n) is 33.6. The minimum Gasteiger partial charge on any atom is -0.310 e. The van der Waals surface area contributed by atoms with Gasteiger partial charge in [-0.05, 0) is 109 Å². The molecule has 0 spiro atoms. The Labute approximate surface area is 348 Å². The molecule has 2 nitrogen and oxygen atoms in total. The molecule has 0 N–H and O–H groups in total. The molecule has 0 saturated carbocycles. The van der Waals surface area contributed by atoms with Crippen molar-refractivity contribution < 1.29 is 0 Å². The Morgan fingerprint density at radius 1 is 0.433 bits per heavy atom. The van der Waals surface area contributed by atoms with Crippen molar-refractivity contribution in [3.63, 3.8) is 0 Å². The summed E-state index contributed by atoms with van der Waals surface area (Å²) >= 11 is 0. The molecule has 0 amide bonds. The van der Waals surface area contributed by atoms with E-state index in [-0.39, 0.29) is 5.41 Å². The van der Waals surface area contributed by atoms with Crippen LogP contribution < -0.4 is 4.90 Å². The highest BCUT2D eigenvalue weighted by Gasteiger charge is 2.37. The average molecular weight is 765 g/mol. The van der Waals surface area contributed by atoms with Crippen molar-refractivity contribution in [3.05, 3.63) is 216 Å². The summed E-state index contributed by atoms with van der Waals surface area (Å²) < 4.78 is 2.55. The molecule has 11 aromatic rings. The first kappa shape index (κ1) is 33.5. The summed E-state index contributed by atoms with van der Waals surface area (Å²) in [7, 11) is 0. The molecule has 2 aromatic heterocycles. The van der Waals surface area contributed by atoms with Gasteiger partial charge >= 0.3 is 0 Å². The van der Waals surface area contributed by atoms with Crippen molar-refractivity contribution in [2.75, 3.05) is 4.90 Å². The fraction of sp³-hybridized carbons (Fsp3) is 0.0690. The summed E-state index contributed by atoms with van der Waals surface area (Å²) in [5.74, 6) is 0. The van der Waals surface area contributed by atoms with Gasteiger partial charge in [-0.1, -0.05) is 166 Å². The Kier molecular flexibility index (Phi) is 6.88. The number of aromatic nitrogens is 1. The van der Waals surface area contributed by atoms with E-state index >= 15 is 0 Å². The summed E-state index contributed by atoms with van der Waals surface area (Å²) in [6.45, 7) is 4.74. The Morgan fingerprint density at radius 2 is 1.00 bits per heavy atom. The maximum Gasteiger partial charge on any atom is 0.0619 e. The normalized spacial score (nSPS) is 13.6. The number of benzene rings is 9. The minimum absolute atomic E-state index is 0.117. The third kappa shape index (κ3) is 4.53. The monoisotopic (exact) mass is 764 g/mol. The molecule has 0 aliphatic heterocycles. The van der Waals surface area contributed by atoms with E-state index in [1.165, 1.54) is 110 Å². The SMILES string of the molecule is CC1(C)c2ccccc2-c2c(N(c3ccc(-c4ccccc4)cc3)c3ccc4c(c3)c3cccc5c6cccc7c6c6c(cccc6c6ccccc6n4c53)C7)cccc21. The van der Waals surface area contributed by atoms with Crippen molar-refractivity contribution in [2.24, 2.45) is 0 Å². The minimum atomic E-state index is -0.117. The van der Waals surface area contributed by atoms with Gasteiger partial charge in [-0.3, -0.25) is 0 Å². The molecule has 13 rings (SSSR count). The molecule has 0 saturated heterocycles. The number of hydrogen-bond donors (Lipinski definition) is 0. The molecule has 0 atom stereocenters. The van der Waals surface area contributed by atoms with Crippen LogP contribution in [0, 0.1) is 0 Å². The van der Waals surface area contributed by atoms with Crippen molar-refractivity contribution in [1.29, 1.82) is 0 Å². The van der Waals surface area contributed by atoms with Crippen molar-refractivity contribution in [3.8, 4) is 22.3 Å². The van der Waals surface area contributed by atoms with Crippen molar-refractivity contribution >= 4 is 76.7 Å². The molecule has 0 unspecified atom stereocenters. The van der Waals surface area contributed by atoms with Crippen LogP contribution in [-0.4, -0.2) is 4.40 Å². The summed E-state index contributed by atoms with van der Waals surface area (Å²) in [6, 6.07) is 72.7. The van der Waals surface area contributed by atoms with Gasteiger partial charge in [-0.25, -0.2) is 0 Å². The van der Waals surface area contributed by atoms with Crippen LogP contribution in [0.15, 0.2) is 194 Å². The van der Waals surface area contributed by atoms with Crippen LogP contribution in [0.25, 0.3) is 81.9 Å². The van der Waals surface area contributed by atoms with Gasteiger partial charge in [0.25, 0.3) is 0 Å². The lowest BCUT2D eigenvalue weighted by Gasteiger charge is -2.29. The number of hydrogen-bond acceptors (Lipinski definition) is 1. The maximum absolute atomic E-state index is 2.55. The lowest BCUT2D eigenvalue weighted by atomic mass is 9.82. The quantitative estimate of drug-likeness (QED) is 0.173. The molecule has 0 radical (unpaired) electrons. The predicted molar refractivity (Wildman–Crippen MR) is 254 cm³/mol. The number of fused-ring (bicyclic) bond motifs is 10. The fourth-order valence-corrected chi connectivity index (χ4v) is 11.1. The third-order valence-corrected chi connectivity index (χ3v) is 13.7. The average Bonchev–Trinajstić information content (AvgIpc) is 3.93. The zero-order valence-corrected chi connectivity index (χ0v) is 33.6. The molecule has 2 heterocycles. The highest BCUT2D eigenvalue weighted by atomic mass is 15.1. The van der Waals surface area contributed by atoms with Crippen molar-refractivity contribution in [2.45, 2.75) is 25.7 Å². The van der Waals surface area contributed by atoms with Crippen LogP contribution in [0.1, 0.15) is 36.1 Å². The second-order valence-electron chi connectivity index (χ2n) is 17.2. The van der Waals surface area contributed by atoms with Gasteiger partial charge < -0.3 is 9.30 Å². The van der Waals surface area contributed by atoms with Gasteiger partial charge in [-0.2, -0.15) is 0 Å². The van der Waals surface area contributed by atoms with Crippen LogP contribution in [0.2, 0.25) is 0 Å². The maximum atomic E-state index is 2.55. The standard InChI is InChI=1S/C58H40N2/c1-58(2)49-24-8-6-19-47(49)56-50(58)25-13-27-53(56)59(40-30-28-37(29-31-40)36-14-4-3-5-15-36)41-32-33-52-48(35-41)46-23-12-22-45-44-21-11-17-39-34-38-16-10-20-43(54(38)55(39)44)42-18-7-9-26-51(42)60(52)57(45)46/h3-33,35H,34H2,1-2H3. The summed E-state index contributed by atoms with van der Waals surface area (Å²) in [6.07, 6.45) is 0.962. The molecule has 2 heteroatoms. The first-order valence-electron chi connectivity index (χ1n) is 21.1. The molecule has 9 aromatic carbocycles. The molecule has 2 aliphatic carbocycles. The molecule has 0 bridgehead atoms. The van der Waals surface area contributed by atoms with E-state index in [1.807, 2.05) is 0 Å². The number of rotatable bonds is 4. The van der Waals surface area contributed by atoms with Gasteiger partial charge in [0.1, 0.15) is 0 Å². The van der Waals surface area contributed by atoms with Gasteiger partial charge in [0.15, 0.2) is 0 Å². The molecule has 0 fully saturated rings. The van der Waals surface area contributed by atoms with E-state index in [2.05, 4.69) is 217 Å². The number of nitrogens with zero attached hydrogens (tertiary/aromatic N) is 2. The molecule has 2 aliphatic rings. The van der Waals surface area contributed by atoms with Crippen LogP contribution in [0.5, 0.6) is 0 Å². The third-order valence-electron chi connectivity index (χ3n) is 13.7. The topological polar surface area (TPSA) is 7.65 Å². The van der Waals surface area contributed by atoms with Crippen LogP contribution in [0.3, 0.4) is 0 Å². The zero-order chi connectivity index (χ0) is 39.7. The number of para-hydroxylation sites is 2. The smallest absolute Gasteiger partial charge is 0.0619 e. The van der Waals surface area contributed by atoms with Crippen molar-refractivity contribution in [1.82, 2.24) is 4.40 Å². The molecule has 282 valence electrons. The Bertz CT molecular complexity index is 3650. The van der Waals surface area contributed by atoms with Crippen LogP contribution >= 0.6 is 0 Å². The second kappa shape index (κ2) is 12.3. The predicted octanol–water partition coefficient (Wildman–Crippen LogP) is 15.6. The first-order valence-corrected chi connectivity index (χ1v) is 21.1. The van der Waals surface area contributed by atoms with E-state index in [4.69, 9.17) is 0 Å². The summed E-state index contributed by atoms with van der Waals surface area (Å²) in [5, 5.41) is 10.4. The van der Waals surface area contributed by atoms with E-state index in [0.717, 1.165) is 17.8 Å². The summed E-state index contributed by atoms with van der Waals surface area (Å²) in [4.78, 5) is 2.50. The highest BCUT2D eigenvalue weighted by Crippen LogP contribution is 2.54. The lowest BCUT2D eigenvalue weighted by Crippen LogP contribution is -2.16. The Morgan fingerprint density at radius 3 is 1.80 bits per heavy atom. The second-order valence-corrected chi connectivity index (χ2v) is 17.2. The van der Waals surface area contributed by atoms with E-state index in [1.54, 1.807) is 0 Å². The largest absolute Gasteiger partial charge is 0.310 e.